The Hall–Kier alpha value is -1.65. The standard InChI is InChI=1S/C37H67NO3/c1-3-5-7-9-11-13-15-17-18-19-20-21-23-25-27-29-31-33-37(41)38-35(34-39)36(40)32-30-28-26-24-22-16-14-12-10-8-6-4-2/h11,13,17-18,22,24,30,32,35-36,39-40H,3-10,12,14-16,19-21,23,25-29,31,33-34H2,1-2H3,(H,38,41)/b13-11-,18-17-,24-22+,32-30+. The summed E-state index contributed by atoms with van der Waals surface area (Å²) in [5.41, 5.74) is 0. The van der Waals surface area contributed by atoms with Gasteiger partial charge in [-0.2, -0.15) is 0 Å². The molecule has 1 amide bonds. The van der Waals surface area contributed by atoms with Gasteiger partial charge in [-0.25, -0.2) is 0 Å². The third kappa shape index (κ3) is 29.6. The number of carbonyl (C=O) groups excluding carboxylic acids is 1. The molecule has 0 saturated heterocycles. The van der Waals surface area contributed by atoms with Crippen molar-refractivity contribution in [3.8, 4) is 0 Å². The van der Waals surface area contributed by atoms with Crippen LogP contribution in [0.5, 0.6) is 0 Å². The van der Waals surface area contributed by atoms with Crippen molar-refractivity contribution in [2.24, 2.45) is 0 Å². The number of hydrogen-bond donors (Lipinski definition) is 3. The van der Waals surface area contributed by atoms with Crippen molar-refractivity contribution in [1.82, 2.24) is 5.32 Å². The zero-order chi connectivity index (χ0) is 30.1. The van der Waals surface area contributed by atoms with E-state index in [0.717, 1.165) is 44.9 Å². The maximum absolute atomic E-state index is 12.3. The Balaban J connectivity index is 3.71. The van der Waals surface area contributed by atoms with Gasteiger partial charge in [0.15, 0.2) is 0 Å². The van der Waals surface area contributed by atoms with Crippen LogP contribution in [0.3, 0.4) is 0 Å². The highest BCUT2D eigenvalue weighted by Crippen LogP contribution is 2.11. The molecule has 4 heteroatoms. The van der Waals surface area contributed by atoms with Crippen LogP contribution in [0.15, 0.2) is 48.6 Å². The highest BCUT2D eigenvalue weighted by molar-refractivity contribution is 5.76. The lowest BCUT2D eigenvalue weighted by molar-refractivity contribution is -0.123. The monoisotopic (exact) mass is 574 g/mol. The summed E-state index contributed by atoms with van der Waals surface area (Å²) in [5.74, 6) is -0.0864. The van der Waals surface area contributed by atoms with E-state index in [0.29, 0.717) is 6.42 Å². The lowest BCUT2D eigenvalue weighted by atomic mass is 10.1. The van der Waals surface area contributed by atoms with Crippen molar-refractivity contribution in [2.75, 3.05) is 6.61 Å². The lowest BCUT2D eigenvalue weighted by Gasteiger charge is -2.19. The first-order chi connectivity index (χ1) is 20.2. The van der Waals surface area contributed by atoms with Crippen LogP contribution >= 0.6 is 0 Å². The predicted molar refractivity (Wildman–Crippen MR) is 179 cm³/mol. The van der Waals surface area contributed by atoms with Gasteiger partial charge in [0.25, 0.3) is 0 Å². The Morgan fingerprint density at radius 1 is 0.585 bits per heavy atom. The van der Waals surface area contributed by atoms with Crippen LogP contribution in [0.25, 0.3) is 0 Å². The number of aliphatic hydroxyl groups excluding tert-OH is 2. The summed E-state index contributed by atoms with van der Waals surface area (Å²) >= 11 is 0. The van der Waals surface area contributed by atoms with Gasteiger partial charge in [0, 0.05) is 6.42 Å². The van der Waals surface area contributed by atoms with E-state index in [1.807, 2.05) is 6.08 Å². The van der Waals surface area contributed by atoms with Crippen LogP contribution in [0.2, 0.25) is 0 Å². The molecular weight excluding hydrogens is 506 g/mol. The fraction of sp³-hybridized carbons (Fsp3) is 0.757. The summed E-state index contributed by atoms with van der Waals surface area (Å²) in [6.07, 6.45) is 43.3. The molecule has 2 unspecified atom stereocenters. The smallest absolute Gasteiger partial charge is 0.220 e. The molecule has 0 rings (SSSR count). The maximum Gasteiger partial charge on any atom is 0.220 e. The molecular formula is C37H67NO3. The number of carbonyl (C=O) groups is 1. The summed E-state index contributed by atoms with van der Waals surface area (Å²) in [4.78, 5) is 12.3. The van der Waals surface area contributed by atoms with Gasteiger partial charge in [0.2, 0.25) is 5.91 Å². The van der Waals surface area contributed by atoms with Crippen molar-refractivity contribution >= 4 is 5.91 Å². The molecule has 0 aliphatic heterocycles. The second kappa shape index (κ2) is 32.9. The molecule has 0 aliphatic carbocycles. The van der Waals surface area contributed by atoms with Gasteiger partial charge in [-0.1, -0.05) is 140 Å². The number of rotatable bonds is 30. The summed E-state index contributed by atoms with van der Waals surface area (Å²) in [6.45, 7) is 4.23. The number of amides is 1. The first kappa shape index (κ1) is 39.4. The molecule has 0 aromatic heterocycles. The summed E-state index contributed by atoms with van der Waals surface area (Å²) < 4.78 is 0. The van der Waals surface area contributed by atoms with Gasteiger partial charge in [0.1, 0.15) is 0 Å². The second-order valence-corrected chi connectivity index (χ2v) is 11.6. The summed E-state index contributed by atoms with van der Waals surface area (Å²) in [5, 5.41) is 22.8. The molecule has 0 bridgehead atoms. The highest BCUT2D eigenvalue weighted by Gasteiger charge is 2.17. The Kier molecular flexibility index (Phi) is 31.5. The van der Waals surface area contributed by atoms with Gasteiger partial charge in [-0.3, -0.25) is 4.79 Å². The van der Waals surface area contributed by atoms with Gasteiger partial charge < -0.3 is 15.5 Å². The average molecular weight is 574 g/mol. The molecule has 0 heterocycles. The minimum atomic E-state index is -0.863. The van der Waals surface area contributed by atoms with E-state index < -0.39 is 12.1 Å². The van der Waals surface area contributed by atoms with Crippen LogP contribution in [0, 0.1) is 0 Å². The quantitative estimate of drug-likeness (QED) is 0.0591. The molecule has 0 aromatic carbocycles. The zero-order valence-electron chi connectivity index (χ0n) is 27.0. The van der Waals surface area contributed by atoms with E-state index in [2.05, 4.69) is 55.6 Å². The van der Waals surface area contributed by atoms with Crippen LogP contribution < -0.4 is 5.32 Å². The van der Waals surface area contributed by atoms with Gasteiger partial charge >= 0.3 is 0 Å². The molecule has 0 saturated carbocycles. The number of nitrogens with one attached hydrogen (secondary N) is 1. The topological polar surface area (TPSA) is 69.6 Å². The summed E-state index contributed by atoms with van der Waals surface area (Å²) in [7, 11) is 0. The van der Waals surface area contributed by atoms with Crippen LogP contribution in [0.1, 0.15) is 162 Å². The predicted octanol–water partition coefficient (Wildman–Crippen LogP) is 10.1. The van der Waals surface area contributed by atoms with Crippen molar-refractivity contribution in [3.05, 3.63) is 48.6 Å². The average Bonchev–Trinajstić information content (AvgIpc) is 2.97. The largest absolute Gasteiger partial charge is 0.394 e. The molecule has 0 aliphatic rings. The highest BCUT2D eigenvalue weighted by atomic mass is 16.3. The minimum Gasteiger partial charge on any atom is -0.394 e. The number of hydrogen-bond acceptors (Lipinski definition) is 3. The van der Waals surface area contributed by atoms with E-state index in [-0.39, 0.29) is 12.5 Å². The minimum absolute atomic E-state index is 0.0864. The Labute approximate surface area is 254 Å². The molecule has 4 nitrogen and oxygen atoms in total. The second-order valence-electron chi connectivity index (χ2n) is 11.6. The first-order valence-electron chi connectivity index (χ1n) is 17.4. The van der Waals surface area contributed by atoms with Crippen molar-refractivity contribution in [1.29, 1.82) is 0 Å². The fourth-order valence-electron chi connectivity index (χ4n) is 4.81. The van der Waals surface area contributed by atoms with Crippen molar-refractivity contribution < 1.29 is 15.0 Å². The molecule has 3 N–H and O–H groups in total. The molecule has 0 fully saturated rings. The Morgan fingerprint density at radius 3 is 1.61 bits per heavy atom. The SMILES string of the molecule is CCCCC/C=C\C/C=C\CCCCCCCCCC(=O)NC(CO)C(O)/C=C/CC/C=C/CCCCCCCC. The van der Waals surface area contributed by atoms with Crippen LogP contribution in [0.4, 0.5) is 0 Å². The molecule has 41 heavy (non-hydrogen) atoms. The third-order valence-corrected chi connectivity index (χ3v) is 7.53. The normalized spacial score (nSPS) is 13.8. The number of aliphatic hydroxyl groups is 2. The molecule has 238 valence electrons. The maximum atomic E-state index is 12.3. The molecule has 0 radical (unpaired) electrons. The van der Waals surface area contributed by atoms with Gasteiger partial charge in [-0.15, -0.1) is 0 Å². The Bertz CT molecular complexity index is 667. The lowest BCUT2D eigenvalue weighted by Crippen LogP contribution is -2.45. The van der Waals surface area contributed by atoms with E-state index in [9.17, 15) is 15.0 Å². The summed E-state index contributed by atoms with van der Waals surface area (Å²) in [6, 6.07) is -0.641. The molecule has 0 aromatic rings. The number of unbranched alkanes of at least 4 members (excludes halogenated alkanes) is 17. The van der Waals surface area contributed by atoms with Crippen molar-refractivity contribution in [3.63, 3.8) is 0 Å². The van der Waals surface area contributed by atoms with Gasteiger partial charge in [0.05, 0.1) is 18.8 Å². The molecule has 2 atom stereocenters. The van der Waals surface area contributed by atoms with Gasteiger partial charge in [-0.05, 0) is 64.2 Å². The van der Waals surface area contributed by atoms with Crippen LogP contribution in [-0.4, -0.2) is 34.9 Å². The van der Waals surface area contributed by atoms with Crippen molar-refractivity contribution in [2.45, 2.75) is 174 Å². The number of allylic oxidation sites excluding steroid dienone is 7. The van der Waals surface area contributed by atoms with E-state index in [4.69, 9.17) is 0 Å². The van der Waals surface area contributed by atoms with Crippen LogP contribution in [-0.2, 0) is 4.79 Å². The fourth-order valence-corrected chi connectivity index (χ4v) is 4.81. The van der Waals surface area contributed by atoms with E-state index >= 15 is 0 Å². The molecule has 0 spiro atoms. The first-order valence-corrected chi connectivity index (χ1v) is 17.4. The Morgan fingerprint density at radius 2 is 1.02 bits per heavy atom. The van der Waals surface area contributed by atoms with E-state index in [1.54, 1.807) is 6.08 Å². The van der Waals surface area contributed by atoms with E-state index in [1.165, 1.54) is 96.3 Å². The third-order valence-electron chi connectivity index (χ3n) is 7.53. The zero-order valence-corrected chi connectivity index (χ0v) is 27.0.